The van der Waals surface area contributed by atoms with E-state index in [1.165, 1.54) is 0 Å². The van der Waals surface area contributed by atoms with Crippen LogP contribution in [0.25, 0.3) is 0 Å². The normalized spacial score (nSPS) is 16.7. The van der Waals surface area contributed by atoms with Crippen LogP contribution >= 0.6 is 0 Å². The third kappa shape index (κ3) is 4.63. The van der Waals surface area contributed by atoms with Gasteiger partial charge in [-0.2, -0.15) is 5.10 Å². The number of aryl methyl sites for hydroxylation is 1. The van der Waals surface area contributed by atoms with Crippen LogP contribution in [0.2, 0.25) is 0 Å². The molecule has 2 aromatic rings. The molecule has 3 rings (SSSR count). The number of aromatic nitrogens is 2. The van der Waals surface area contributed by atoms with Crippen molar-refractivity contribution < 1.29 is 4.79 Å². The van der Waals surface area contributed by atoms with E-state index in [4.69, 9.17) is 0 Å². The highest BCUT2D eigenvalue weighted by Crippen LogP contribution is 2.24. The van der Waals surface area contributed by atoms with Crippen LogP contribution in [0.3, 0.4) is 0 Å². The summed E-state index contributed by atoms with van der Waals surface area (Å²) in [5.41, 5.74) is 2.13. The summed E-state index contributed by atoms with van der Waals surface area (Å²) in [5.74, 6) is 1.06. The first kappa shape index (κ1) is 19.3. The van der Waals surface area contributed by atoms with Gasteiger partial charge in [-0.3, -0.25) is 9.69 Å². The van der Waals surface area contributed by atoms with E-state index in [1.54, 1.807) is 6.20 Å². The molecule has 27 heavy (non-hydrogen) atoms. The van der Waals surface area contributed by atoms with Gasteiger partial charge in [0.05, 0.1) is 6.54 Å². The number of anilines is 2. The molecular weight excluding hydrogens is 338 g/mol. The van der Waals surface area contributed by atoms with E-state index in [0.29, 0.717) is 19.1 Å². The van der Waals surface area contributed by atoms with Crippen molar-refractivity contribution in [1.82, 2.24) is 15.1 Å². The highest BCUT2D eigenvalue weighted by atomic mass is 16.2. The van der Waals surface area contributed by atoms with E-state index >= 15 is 0 Å². The van der Waals surface area contributed by atoms with Gasteiger partial charge in [-0.15, -0.1) is 5.10 Å². The molecule has 144 valence electrons. The molecule has 1 aliphatic heterocycles. The number of carbonyl (C=O) groups excluding carboxylic acids is 1. The number of carbonyl (C=O) groups is 1. The van der Waals surface area contributed by atoms with Crippen molar-refractivity contribution in [2.45, 2.75) is 32.7 Å². The maximum atomic E-state index is 12.9. The van der Waals surface area contributed by atoms with Crippen LogP contribution in [0.15, 0.2) is 42.6 Å². The van der Waals surface area contributed by atoms with Gasteiger partial charge in [-0.1, -0.05) is 18.2 Å². The van der Waals surface area contributed by atoms with Crippen LogP contribution in [-0.4, -0.2) is 60.3 Å². The van der Waals surface area contributed by atoms with E-state index in [0.717, 1.165) is 43.0 Å². The summed E-state index contributed by atoms with van der Waals surface area (Å²) in [6, 6.07) is 12.4. The fourth-order valence-electron chi connectivity index (χ4n) is 3.86. The molecule has 6 heteroatoms. The van der Waals surface area contributed by atoms with Crippen molar-refractivity contribution in [1.29, 1.82) is 0 Å². The average molecular weight is 367 g/mol. The number of para-hydroxylation sites is 1. The van der Waals surface area contributed by atoms with Crippen molar-refractivity contribution in [3.8, 4) is 0 Å². The predicted molar refractivity (Wildman–Crippen MR) is 109 cm³/mol. The lowest BCUT2D eigenvalue weighted by Crippen LogP contribution is -2.44. The van der Waals surface area contributed by atoms with Gasteiger partial charge in [-0.05, 0) is 57.5 Å². The largest absolute Gasteiger partial charge is 0.351 e. The minimum absolute atomic E-state index is 0.137. The zero-order valence-corrected chi connectivity index (χ0v) is 16.5. The maximum Gasteiger partial charge on any atom is 0.241 e. The number of hydrogen-bond donors (Lipinski definition) is 0. The number of likely N-dealkylation sites (N-methyl/N-ethyl adjacent to an activating group) is 2. The Hall–Kier alpha value is -2.47. The Morgan fingerprint density at radius 3 is 2.78 bits per heavy atom. The van der Waals surface area contributed by atoms with Gasteiger partial charge in [0, 0.05) is 37.6 Å². The van der Waals surface area contributed by atoms with Crippen LogP contribution in [0.4, 0.5) is 11.5 Å². The van der Waals surface area contributed by atoms with Crippen molar-refractivity contribution in [2.24, 2.45) is 0 Å². The second-order valence-corrected chi connectivity index (χ2v) is 7.19. The molecule has 0 N–H and O–H groups in total. The Labute approximate surface area is 161 Å². The summed E-state index contributed by atoms with van der Waals surface area (Å²) in [4.78, 5) is 19.2. The van der Waals surface area contributed by atoms with Crippen LogP contribution in [0.5, 0.6) is 0 Å². The number of amides is 1. The SMILES string of the molecule is CCN(C(=O)CN(C)CC1CCCN1c1cccnn1)c1ccccc1C. The fourth-order valence-corrected chi connectivity index (χ4v) is 3.86. The minimum atomic E-state index is 0.137. The monoisotopic (exact) mass is 367 g/mol. The Kier molecular flexibility index (Phi) is 6.40. The topological polar surface area (TPSA) is 52.6 Å². The lowest BCUT2D eigenvalue weighted by Gasteiger charge is -2.30. The summed E-state index contributed by atoms with van der Waals surface area (Å²) >= 11 is 0. The van der Waals surface area contributed by atoms with Crippen LogP contribution in [-0.2, 0) is 4.79 Å². The highest BCUT2D eigenvalue weighted by molar-refractivity contribution is 5.95. The summed E-state index contributed by atoms with van der Waals surface area (Å²) < 4.78 is 0. The van der Waals surface area contributed by atoms with Gasteiger partial charge in [0.2, 0.25) is 5.91 Å². The van der Waals surface area contributed by atoms with E-state index in [1.807, 2.05) is 62.2 Å². The molecule has 1 unspecified atom stereocenters. The number of hydrogen-bond acceptors (Lipinski definition) is 5. The lowest BCUT2D eigenvalue weighted by molar-refractivity contribution is -0.119. The predicted octanol–water partition coefficient (Wildman–Crippen LogP) is 2.74. The third-order valence-electron chi connectivity index (χ3n) is 5.18. The molecule has 0 bridgehead atoms. The maximum absolute atomic E-state index is 12.9. The summed E-state index contributed by atoms with van der Waals surface area (Å²) in [6.07, 6.45) is 3.96. The van der Waals surface area contributed by atoms with E-state index in [2.05, 4.69) is 20.0 Å². The molecule has 2 heterocycles. The highest BCUT2D eigenvalue weighted by Gasteiger charge is 2.28. The molecule has 1 aliphatic rings. The van der Waals surface area contributed by atoms with E-state index in [9.17, 15) is 4.79 Å². The summed E-state index contributed by atoms with van der Waals surface area (Å²) in [6.45, 7) is 6.99. The second kappa shape index (κ2) is 8.95. The van der Waals surface area contributed by atoms with Gasteiger partial charge < -0.3 is 9.80 Å². The van der Waals surface area contributed by atoms with Crippen LogP contribution in [0, 0.1) is 6.92 Å². The molecule has 1 amide bonds. The molecule has 0 radical (unpaired) electrons. The molecule has 1 fully saturated rings. The average Bonchev–Trinajstić information content (AvgIpc) is 3.12. The molecule has 1 saturated heterocycles. The Balaban J connectivity index is 1.62. The van der Waals surface area contributed by atoms with Crippen molar-refractivity contribution >= 4 is 17.4 Å². The Morgan fingerprint density at radius 2 is 2.07 bits per heavy atom. The first-order valence-corrected chi connectivity index (χ1v) is 9.69. The molecule has 0 spiro atoms. The first-order valence-electron chi connectivity index (χ1n) is 9.69. The third-order valence-corrected chi connectivity index (χ3v) is 5.18. The van der Waals surface area contributed by atoms with Crippen molar-refractivity contribution in [2.75, 3.05) is 43.0 Å². The Morgan fingerprint density at radius 1 is 1.26 bits per heavy atom. The fraction of sp³-hybridized carbons (Fsp3) is 0.476. The van der Waals surface area contributed by atoms with Gasteiger partial charge in [-0.25, -0.2) is 0 Å². The lowest BCUT2D eigenvalue weighted by atomic mass is 10.1. The minimum Gasteiger partial charge on any atom is -0.351 e. The van der Waals surface area contributed by atoms with Crippen molar-refractivity contribution in [3.05, 3.63) is 48.2 Å². The Bertz CT molecular complexity index is 751. The molecule has 0 saturated carbocycles. The molecule has 1 aromatic carbocycles. The summed E-state index contributed by atoms with van der Waals surface area (Å²) in [7, 11) is 2.02. The van der Waals surface area contributed by atoms with Gasteiger partial charge in [0.25, 0.3) is 0 Å². The molecule has 1 aromatic heterocycles. The first-order chi connectivity index (χ1) is 13.1. The van der Waals surface area contributed by atoms with Gasteiger partial charge >= 0.3 is 0 Å². The van der Waals surface area contributed by atoms with Crippen molar-refractivity contribution in [3.63, 3.8) is 0 Å². The molecule has 0 aliphatic carbocycles. The zero-order chi connectivity index (χ0) is 19.2. The van der Waals surface area contributed by atoms with E-state index in [-0.39, 0.29) is 5.91 Å². The number of rotatable bonds is 7. The number of benzene rings is 1. The molecule has 1 atom stereocenters. The van der Waals surface area contributed by atoms with E-state index < -0.39 is 0 Å². The zero-order valence-electron chi connectivity index (χ0n) is 16.5. The quantitative estimate of drug-likeness (QED) is 0.753. The van der Waals surface area contributed by atoms with Gasteiger partial charge in [0.1, 0.15) is 0 Å². The smallest absolute Gasteiger partial charge is 0.241 e. The number of nitrogens with zero attached hydrogens (tertiary/aromatic N) is 5. The van der Waals surface area contributed by atoms with Crippen LogP contribution < -0.4 is 9.80 Å². The van der Waals surface area contributed by atoms with Gasteiger partial charge in [0.15, 0.2) is 5.82 Å². The van der Waals surface area contributed by atoms with Crippen LogP contribution in [0.1, 0.15) is 25.3 Å². The second-order valence-electron chi connectivity index (χ2n) is 7.19. The standard InChI is InChI=1S/C21H29N5O/c1-4-25(19-11-6-5-9-17(19)2)21(27)16-24(3)15-18-10-8-14-26(18)20-12-7-13-22-23-20/h5-7,9,11-13,18H,4,8,10,14-16H2,1-3H3. The molecule has 6 nitrogen and oxygen atoms in total. The summed E-state index contributed by atoms with van der Waals surface area (Å²) in [5, 5.41) is 8.25. The molecular formula is C21H29N5O.